The number of rotatable bonds is 6. The number of quaternary nitrogens is 1. The van der Waals surface area contributed by atoms with Crippen molar-refractivity contribution in [3.05, 3.63) is 95.3 Å². The number of hydrogen-bond donors (Lipinski definition) is 1. The van der Waals surface area contributed by atoms with Crippen LogP contribution in [0.2, 0.25) is 0 Å². The molecule has 4 aromatic rings. The number of aromatic nitrogens is 2. The number of furan rings is 1. The fraction of sp³-hybridized carbons (Fsp3) is 0.182. The van der Waals surface area contributed by atoms with Crippen LogP contribution in [0.15, 0.2) is 75.6 Å². The zero-order chi connectivity index (χ0) is 18.6. The van der Waals surface area contributed by atoms with E-state index in [1.807, 2.05) is 32.0 Å². The van der Waals surface area contributed by atoms with Gasteiger partial charge < -0.3 is 14.2 Å². The Balaban J connectivity index is 1.54. The summed E-state index contributed by atoms with van der Waals surface area (Å²) < 4.78 is 11.4. The SMILES string of the molecule is Cc1cc(-c2nnc(C[NH2+]C(c3ccccc3)c3ccccc3)o2)c(C)o1. The maximum Gasteiger partial charge on any atom is 0.271 e. The van der Waals surface area contributed by atoms with Gasteiger partial charge in [-0.05, 0) is 19.9 Å². The molecular weight excluding hydrogens is 338 g/mol. The lowest BCUT2D eigenvalue weighted by atomic mass is 9.99. The quantitative estimate of drug-likeness (QED) is 0.568. The van der Waals surface area contributed by atoms with E-state index < -0.39 is 0 Å². The topological polar surface area (TPSA) is 68.7 Å². The Hall–Kier alpha value is -3.18. The molecule has 0 amide bonds. The van der Waals surface area contributed by atoms with E-state index in [4.69, 9.17) is 8.83 Å². The minimum Gasteiger partial charge on any atom is -0.466 e. The van der Waals surface area contributed by atoms with Crippen molar-refractivity contribution in [1.82, 2.24) is 10.2 Å². The summed E-state index contributed by atoms with van der Waals surface area (Å²) >= 11 is 0. The summed E-state index contributed by atoms with van der Waals surface area (Å²) in [5, 5.41) is 10.6. The van der Waals surface area contributed by atoms with Crippen LogP contribution < -0.4 is 5.32 Å². The largest absolute Gasteiger partial charge is 0.466 e. The standard InChI is InChI=1S/C22H21N3O2/c1-15-13-19(16(2)26-15)22-25-24-20(27-22)14-23-21(17-9-5-3-6-10-17)18-11-7-4-8-12-18/h3-13,21,23H,14H2,1-2H3/p+1. The van der Waals surface area contributed by atoms with Crippen LogP contribution in [0.25, 0.3) is 11.5 Å². The van der Waals surface area contributed by atoms with E-state index in [1.54, 1.807) is 0 Å². The molecule has 136 valence electrons. The van der Waals surface area contributed by atoms with Gasteiger partial charge >= 0.3 is 0 Å². The van der Waals surface area contributed by atoms with E-state index >= 15 is 0 Å². The molecule has 4 rings (SSSR count). The van der Waals surface area contributed by atoms with Gasteiger partial charge in [0.05, 0.1) is 5.56 Å². The lowest BCUT2D eigenvalue weighted by Crippen LogP contribution is -2.84. The third-order valence-electron chi connectivity index (χ3n) is 4.58. The fourth-order valence-electron chi connectivity index (χ4n) is 3.29. The number of hydrogen-bond acceptors (Lipinski definition) is 4. The second-order valence-electron chi connectivity index (χ2n) is 6.57. The van der Waals surface area contributed by atoms with Crippen molar-refractivity contribution < 1.29 is 14.2 Å². The molecule has 2 aromatic heterocycles. The fourth-order valence-corrected chi connectivity index (χ4v) is 3.29. The molecule has 0 radical (unpaired) electrons. The van der Waals surface area contributed by atoms with E-state index in [1.165, 1.54) is 11.1 Å². The number of benzene rings is 2. The summed E-state index contributed by atoms with van der Waals surface area (Å²) in [6, 6.07) is 23.0. The van der Waals surface area contributed by atoms with E-state index in [2.05, 4.69) is 64.0 Å². The highest BCUT2D eigenvalue weighted by Gasteiger charge is 2.20. The second-order valence-corrected chi connectivity index (χ2v) is 6.57. The minimum absolute atomic E-state index is 0.167. The highest BCUT2D eigenvalue weighted by atomic mass is 16.4. The van der Waals surface area contributed by atoms with E-state index in [0.29, 0.717) is 18.3 Å². The van der Waals surface area contributed by atoms with Gasteiger partial charge in [0, 0.05) is 11.1 Å². The number of nitrogens with zero attached hydrogens (tertiary/aromatic N) is 2. The molecule has 0 unspecified atom stereocenters. The highest BCUT2D eigenvalue weighted by molar-refractivity contribution is 5.55. The first-order valence-corrected chi connectivity index (χ1v) is 9.03. The molecule has 2 aromatic carbocycles. The van der Waals surface area contributed by atoms with Crippen LogP contribution in [-0.4, -0.2) is 10.2 Å². The molecule has 2 heterocycles. The molecule has 0 spiro atoms. The van der Waals surface area contributed by atoms with Gasteiger partial charge in [0.1, 0.15) is 17.6 Å². The summed E-state index contributed by atoms with van der Waals surface area (Å²) in [7, 11) is 0. The molecule has 0 aliphatic carbocycles. The molecule has 2 N–H and O–H groups in total. The molecule has 0 saturated heterocycles. The predicted molar refractivity (Wildman–Crippen MR) is 102 cm³/mol. The highest BCUT2D eigenvalue weighted by Crippen LogP contribution is 2.25. The summed E-state index contributed by atoms with van der Waals surface area (Å²) in [5.74, 6) is 2.73. The summed E-state index contributed by atoms with van der Waals surface area (Å²) in [6.45, 7) is 4.41. The first-order chi connectivity index (χ1) is 13.2. The maximum atomic E-state index is 5.87. The van der Waals surface area contributed by atoms with Gasteiger partial charge in [-0.25, -0.2) is 0 Å². The molecule has 0 fully saturated rings. The van der Waals surface area contributed by atoms with Crippen molar-refractivity contribution in [1.29, 1.82) is 0 Å². The van der Waals surface area contributed by atoms with E-state index in [-0.39, 0.29) is 6.04 Å². The Morgan fingerprint density at radius 3 is 2.04 bits per heavy atom. The Kier molecular flexibility index (Phi) is 4.85. The molecule has 5 nitrogen and oxygen atoms in total. The minimum atomic E-state index is 0.167. The van der Waals surface area contributed by atoms with Gasteiger partial charge in [-0.2, -0.15) is 0 Å². The average molecular weight is 360 g/mol. The molecule has 27 heavy (non-hydrogen) atoms. The lowest BCUT2D eigenvalue weighted by Gasteiger charge is -2.15. The van der Waals surface area contributed by atoms with Crippen molar-refractivity contribution in [2.24, 2.45) is 0 Å². The third kappa shape index (κ3) is 3.83. The van der Waals surface area contributed by atoms with Gasteiger partial charge in [0.2, 0.25) is 0 Å². The first-order valence-electron chi connectivity index (χ1n) is 9.03. The van der Waals surface area contributed by atoms with Crippen molar-refractivity contribution in [3.8, 4) is 11.5 Å². The smallest absolute Gasteiger partial charge is 0.271 e. The van der Waals surface area contributed by atoms with Crippen LogP contribution >= 0.6 is 0 Å². The maximum absolute atomic E-state index is 5.87. The second kappa shape index (κ2) is 7.60. The van der Waals surface area contributed by atoms with Crippen molar-refractivity contribution >= 4 is 0 Å². The van der Waals surface area contributed by atoms with Crippen LogP contribution in [0.4, 0.5) is 0 Å². The molecule has 5 heteroatoms. The molecular formula is C22H22N3O2+. The van der Waals surface area contributed by atoms with Crippen LogP contribution in [-0.2, 0) is 6.54 Å². The van der Waals surface area contributed by atoms with E-state index in [0.717, 1.165) is 17.1 Å². The monoisotopic (exact) mass is 360 g/mol. The Labute approximate surface area is 158 Å². The van der Waals surface area contributed by atoms with Gasteiger partial charge in [-0.3, -0.25) is 0 Å². The Morgan fingerprint density at radius 2 is 1.48 bits per heavy atom. The Morgan fingerprint density at radius 1 is 0.852 bits per heavy atom. The zero-order valence-corrected chi connectivity index (χ0v) is 15.4. The summed E-state index contributed by atoms with van der Waals surface area (Å²) in [5.41, 5.74) is 3.34. The van der Waals surface area contributed by atoms with Crippen LogP contribution in [0.1, 0.15) is 34.6 Å². The van der Waals surface area contributed by atoms with Crippen molar-refractivity contribution in [3.63, 3.8) is 0 Å². The summed E-state index contributed by atoms with van der Waals surface area (Å²) in [4.78, 5) is 0. The number of aryl methyl sites for hydroxylation is 2. The normalized spacial score (nSPS) is 11.2. The van der Waals surface area contributed by atoms with Crippen LogP contribution in [0.5, 0.6) is 0 Å². The number of nitrogens with two attached hydrogens (primary N) is 1. The zero-order valence-electron chi connectivity index (χ0n) is 15.4. The van der Waals surface area contributed by atoms with Crippen molar-refractivity contribution in [2.75, 3.05) is 0 Å². The van der Waals surface area contributed by atoms with Crippen LogP contribution in [0.3, 0.4) is 0 Å². The third-order valence-corrected chi connectivity index (χ3v) is 4.58. The predicted octanol–water partition coefficient (Wildman–Crippen LogP) is 3.80. The molecule has 0 saturated carbocycles. The average Bonchev–Trinajstić information content (AvgIpc) is 3.29. The van der Waals surface area contributed by atoms with E-state index in [9.17, 15) is 0 Å². The Bertz CT molecular complexity index is 967. The first kappa shape index (κ1) is 17.2. The molecule has 0 atom stereocenters. The van der Waals surface area contributed by atoms with Gasteiger partial charge in [0.15, 0.2) is 6.54 Å². The lowest BCUT2D eigenvalue weighted by molar-refractivity contribution is -0.704. The van der Waals surface area contributed by atoms with Crippen LogP contribution in [0, 0.1) is 13.8 Å². The van der Waals surface area contributed by atoms with Crippen molar-refractivity contribution in [2.45, 2.75) is 26.4 Å². The molecule has 0 aliphatic rings. The molecule has 0 bridgehead atoms. The van der Waals surface area contributed by atoms with Gasteiger partial charge in [-0.1, -0.05) is 60.7 Å². The van der Waals surface area contributed by atoms with Gasteiger partial charge in [0.25, 0.3) is 11.8 Å². The summed E-state index contributed by atoms with van der Waals surface area (Å²) in [6.07, 6.45) is 0. The van der Waals surface area contributed by atoms with Gasteiger partial charge in [-0.15, -0.1) is 10.2 Å². The molecule has 0 aliphatic heterocycles.